The lowest BCUT2D eigenvalue weighted by Gasteiger charge is -2.29. The van der Waals surface area contributed by atoms with Gasteiger partial charge in [0.15, 0.2) is 0 Å². The van der Waals surface area contributed by atoms with Crippen molar-refractivity contribution < 1.29 is 18.7 Å². The van der Waals surface area contributed by atoms with E-state index in [2.05, 4.69) is 4.90 Å². The molecule has 162 valence electrons. The third-order valence-corrected chi connectivity index (χ3v) is 7.16. The molecule has 0 N–H and O–H groups in total. The highest BCUT2D eigenvalue weighted by atomic mass is 16.5. The number of nitrogens with zero attached hydrogens (tertiary/aromatic N) is 3. The average Bonchev–Trinajstić information content (AvgIpc) is 3.48. The Morgan fingerprint density at radius 1 is 1.23 bits per heavy atom. The van der Waals surface area contributed by atoms with E-state index in [1.807, 2.05) is 36.1 Å². The molecular formula is C23H31N3O4. The number of piperidine rings is 1. The van der Waals surface area contributed by atoms with Crippen LogP contribution in [0.1, 0.15) is 30.8 Å². The topological polar surface area (TPSA) is 66.2 Å². The van der Waals surface area contributed by atoms with Crippen LogP contribution in [0.15, 0.2) is 28.7 Å². The molecule has 5 heterocycles. The molecule has 0 aromatic carbocycles. The van der Waals surface area contributed by atoms with Gasteiger partial charge in [-0.3, -0.25) is 9.59 Å². The van der Waals surface area contributed by atoms with Crippen LogP contribution in [0.2, 0.25) is 0 Å². The summed E-state index contributed by atoms with van der Waals surface area (Å²) in [6.45, 7) is 6.69. The minimum atomic E-state index is -0.633. The molecule has 0 radical (unpaired) electrons. The summed E-state index contributed by atoms with van der Waals surface area (Å²) in [6, 6.07) is 3.79. The largest absolute Gasteiger partial charge is 0.464 e. The first-order valence-electron chi connectivity index (χ1n) is 11.2. The second-order valence-corrected chi connectivity index (χ2v) is 9.27. The van der Waals surface area contributed by atoms with Crippen molar-refractivity contribution in [3.8, 4) is 0 Å². The van der Waals surface area contributed by atoms with Gasteiger partial charge in [-0.15, -0.1) is 0 Å². The van der Waals surface area contributed by atoms with Crippen molar-refractivity contribution >= 4 is 11.8 Å². The van der Waals surface area contributed by atoms with Gasteiger partial charge in [-0.1, -0.05) is 18.6 Å². The van der Waals surface area contributed by atoms with Crippen LogP contribution in [-0.2, 0) is 20.9 Å². The molecule has 1 aromatic heterocycles. The van der Waals surface area contributed by atoms with Crippen molar-refractivity contribution in [2.24, 2.45) is 11.8 Å². The number of ether oxygens (including phenoxy) is 1. The highest BCUT2D eigenvalue weighted by Crippen LogP contribution is 2.52. The molecule has 30 heavy (non-hydrogen) atoms. The van der Waals surface area contributed by atoms with E-state index in [9.17, 15) is 9.59 Å². The molecule has 0 saturated carbocycles. The molecule has 3 fully saturated rings. The number of rotatable bonds is 6. The van der Waals surface area contributed by atoms with E-state index in [1.165, 1.54) is 19.3 Å². The second kappa shape index (κ2) is 7.54. The summed E-state index contributed by atoms with van der Waals surface area (Å²) in [7, 11) is 1.77. The van der Waals surface area contributed by atoms with Crippen LogP contribution in [0, 0.1) is 18.8 Å². The molecule has 3 saturated heterocycles. The van der Waals surface area contributed by atoms with Crippen LogP contribution in [0.3, 0.4) is 0 Å². The van der Waals surface area contributed by atoms with Crippen molar-refractivity contribution in [3.63, 3.8) is 0 Å². The van der Waals surface area contributed by atoms with Crippen molar-refractivity contribution in [1.29, 1.82) is 0 Å². The Morgan fingerprint density at radius 2 is 2.03 bits per heavy atom. The number of likely N-dealkylation sites (tertiary alicyclic amines) is 2. The number of aryl methyl sites for hydroxylation is 1. The van der Waals surface area contributed by atoms with E-state index >= 15 is 0 Å². The van der Waals surface area contributed by atoms with Crippen LogP contribution in [0.4, 0.5) is 0 Å². The monoisotopic (exact) mass is 413 g/mol. The van der Waals surface area contributed by atoms with Crippen molar-refractivity contribution in [3.05, 3.63) is 35.8 Å². The zero-order chi connectivity index (χ0) is 20.9. The average molecular weight is 414 g/mol. The van der Waals surface area contributed by atoms with Gasteiger partial charge >= 0.3 is 0 Å². The molecule has 4 atom stereocenters. The van der Waals surface area contributed by atoms with Gasteiger partial charge in [0, 0.05) is 20.1 Å². The number of fused-ring (bicyclic) bond motifs is 1. The quantitative estimate of drug-likeness (QED) is 0.666. The summed E-state index contributed by atoms with van der Waals surface area (Å²) >= 11 is 0. The van der Waals surface area contributed by atoms with Gasteiger partial charge in [0.1, 0.15) is 17.1 Å². The van der Waals surface area contributed by atoms with Crippen molar-refractivity contribution in [2.75, 3.05) is 39.8 Å². The summed E-state index contributed by atoms with van der Waals surface area (Å²) < 4.78 is 11.9. The first-order valence-corrected chi connectivity index (χ1v) is 11.2. The SMILES string of the molecule is Cc1ccc(CN(C)C(=O)C2C3C(=O)N(CCN4CCCCC4)C[C@@]34C=C[C@@H]2O4)o1. The maximum Gasteiger partial charge on any atom is 0.230 e. The summed E-state index contributed by atoms with van der Waals surface area (Å²) in [5.74, 6) is 0.728. The van der Waals surface area contributed by atoms with E-state index in [4.69, 9.17) is 9.15 Å². The van der Waals surface area contributed by atoms with E-state index in [1.54, 1.807) is 11.9 Å². The van der Waals surface area contributed by atoms with Crippen molar-refractivity contribution in [1.82, 2.24) is 14.7 Å². The molecule has 5 rings (SSSR count). The Hall–Kier alpha value is -2.12. The van der Waals surface area contributed by atoms with Crippen LogP contribution in [0.5, 0.6) is 0 Å². The molecule has 1 aromatic rings. The van der Waals surface area contributed by atoms with Gasteiger partial charge in [-0.2, -0.15) is 0 Å². The summed E-state index contributed by atoms with van der Waals surface area (Å²) in [6.07, 6.45) is 7.49. The Bertz CT molecular complexity index is 858. The lowest BCUT2D eigenvalue weighted by atomic mass is 9.76. The number of furan rings is 1. The van der Waals surface area contributed by atoms with Crippen LogP contribution in [0.25, 0.3) is 0 Å². The molecule has 0 aliphatic carbocycles. The Kier molecular flexibility index (Phi) is 4.98. The van der Waals surface area contributed by atoms with Gasteiger partial charge in [0.05, 0.1) is 31.0 Å². The first-order chi connectivity index (χ1) is 14.5. The maximum absolute atomic E-state index is 13.3. The van der Waals surface area contributed by atoms with Crippen LogP contribution < -0.4 is 0 Å². The first kappa shape index (κ1) is 19.8. The molecule has 4 aliphatic rings. The fourth-order valence-corrected chi connectivity index (χ4v) is 5.63. The predicted molar refractivity (Wildman–Crippen MR) is 111 cm³/mol. The minimum Gasteiger partial charge on any atom is -0.464 e. The molecular weight excluding hydrogens is 382 g/mol. The van der Waals surface area contributed by atoms with E-state index in [0.29, 0.717) is 19.6 Å². The Morgan fingerprint density at radius 3 is 2.77 bits per heavy atom. The molecule has 4 aliphatic heterocycles. The number of hydrogen-bond acceptors (Lipinski definition) is 5. The van der Waals surface area contributed by atoms with Crippen LogP contribution >= 0.6 is 0 Å². The van der Waals surface area contributed by atoms with Gasteiger partial charge in [0.2, 0.25) is 11.8 Å². The van der Waals surface area contributed by atoms with Crippen LogP contribution in [-0.4, -0.2) is 78.0 Å². The fraction of sp³-hybridized carbons (Fsp3) is 0.652. The molecule has 2 bridgehead atoms. The third-order valence-electron chi connectivity index (χ3n) is 7.16. The summed E-state index contributed by atoms with van der Waals surface area (Å²) in [5, 5.41) is 0. The van der Waals surface area contributed by atoms with Crippen molar-refractivity contribution in [2.45, 2.75) is 44.4 Å². The van der Waals surface area contributed by atoms with Gasteiger partial charge < -0.3 is 23.9 Å². The van der Waals surface area contributed by atoms with E-state index in [-0.39, 0.29) is 17.9 Å². The zero-order valence-electron chi connectivity index (χ0n) is 17.9. The zero-order valence-corrected chi connectivity index (χ0v) is 17.9. The highest BCUT2D eigenvalue weighted by Gasteiger charge is 2.67. The molecule has 2 unspecified atom stereocenters. The Labute approximate surface area is 177 Å². The number of hydrogen-bond donors (Lipinski definition) is 0. The standard InChI is InChI=1S/C23H31N3O4/c1-16-6-7-17(29-16)14-24(2)21(27)19-18-8-9-23(30-18)15-26(22(28)20(19)23)13-12-25-10-4-3-5-11-25/h6-9,18-20H,3-5,10-15H2,1-2H3/t18-,19?,20?,23-/m0/s1. The summed E-state index contributed by atoms with van der Waals surface area (Å²) in [4.78, 5) is 32.7. The molecule has 7 nitrogen and oxygen atoms in total. The van der Waals surface area contributed by atoms with E-state index < -0.39 is 17.4 Å². The molecule has 7 heteroatoms. The van der Waals surface area contributed by atoms with E-state index in [0.717, 1.165) is 31.2 Å². The lowest BCUT2D eigenvalue weighted by molar-refractivity contribution is -0.142. The second-order valence-electron chi connectivity index (χ2n) is 9.27. The Balaban J connectivity index is 1.27. The maximum atomic E-state index is 13.3. The fourth-order valence-electron chi connectivity index (χ4n) is 5.63. The smallest absolute Gasteiger partial charge is 0.230 e. The highest BCUT2D eigenvalue weighted by molar-refractivity contribution is 5.93. The lowest BCUT2D eigenvalue weighted by Crippen LogP contribution is -2.45. The third kappa shape index (κ3) is 3.28. The number of carbonyl (C=O) groups excluding carboxylic acids is 2. The molecule has 1 spiro atoms. The summed E-state index contributed by atoms with van der Waals surface area (Å²) in [5.41, 5.74) is -0.633. The minimum absolute atomic E-state index is 0.0449. The normalized spacial score (nSPS) is 32.8. The molecule has 2 amide bonds. The van der Waals surface area contributed by atoms with Gasteiger partial charge in [0.25, 0.3) is 0 Å². The predicted octanol–water partition coefficient (Wildman–Crippen LogP) is 1.81. The van der Waals surface area contributed by atoms with Gasteiger partial charge in [-0.05, 0) is 45.0 Å². The van der Waals surface area contributed by atoms with Gasteiger partial charge in [-0.25, -0.2) is 0 Å². The number of carbonyl (C=O) groups is 2. The number of amides is 2.